The van der Waals surface area contributed by atoms with Gasteiger partial charge in [-0.3, -0.25) is 9.74 Å². The first-order chi connectivity index (χ1) is 16.9. The van der Waals surface area contributed by atoms with Gasteiger partial charge in [-0.15, -0.1) is 0 Å². The molecule has 3 aromatic rings. The predicted molar refractivity (Wildman–Crippen MR) is 139 cm³/mol. The summed E-state index contributed by atoms with van der Waals surface area (Å²) in [6.07, 6.45) is 2.32. The van der Waals surface area contributed by atoms with E-state index < -0.39 is 0 Å². The average Bonchev–Trinajstić information content (AvgIpc) is 3.50. The maximum Gasteiger partial charge on any atom is 0.144 e. The van der Waals surface area contributed by atoms with E-state index in [-0.39, 0.29) is 6.10 Å². The molecule has 2 N–H and O–H groups in total. The van der Waals surface area contributed by atoms with Crippen LogP contribution in [0.2, 0.25) is 0 Å². The van der Waals surface area contributed by atoms with Crippen LogP contribution in [0.3, 0.4) is 0 Å². The maximum atomic E-state index is 5.89. The summed E-state index contributed by atoms with van der Waals surface area (Å²) in [5, 5.41) is 6.23. The number of hydroxylamine groups is 2. The lowest BCUT2D eigenvalue weighted by molar-refractivity contribution is -0.201. The van der Waals surface area contributed by atoms with Gasteiger partial charge in [-0.2, -0.15) is 5.06 Å². The van der Waals surface area contributed by atoms with Gasteiger partial charge >= 0.3 is 0 Å². The van der Waals surface area contributed by atoms with Crippen molar-refractivity contribution in [3.05, 3.63) is 74.6 Å². The molecular formula is C28H35N5O2. The van der Waals surface area contributed by atoms with E-state index in [0.717, 1.165) is 71.6 Å². The minimum absolute atomic E-state index is 0.212. The van der Waals surface area contributed by atoms with E-state index in [1.165, 1.54) is 16.4 Å². The molecule has 0 atom stereocenters. The molecule has 0 saturated carbocycles. The van der Waals surface area contributed by atoms with Crippen LogP contribution >= 0.6 is 0 Å². The van der Waals surface area contributed by atoms with Crippen LogP contribution in [0.1, 0.15) is 30.8 Å². The highest BCUT2D eigenvalue weighted by atomic mass is 16.7. The summed E-state index contributed by atoms with van der Waals surface area (Å²) in [5.41, 5.74) is 5.67. The normalized spacial score (nSPS) is 18.9. The molecule has 0 bridgehead atoms. The average molecular weight is 474 g/mol. The topological polar surface area (TPSA) is 68.9 Å². The smallest absolute Gasteiger partial charge is 0.144 e. The quantitative estimate of drug-likeness (QED) is 0.567. The third-order valence-electron chi connectivity index (χ3n) is 6.58. The van der Waals surface area contributed by atoms with Crippen molar-refractivity contribution >= 4 is 17.3 Å². The van der Waals surface area contributed by atoms with E-state index >= 15 is 0 Å². The summed E-state index contributed by atoms with van der Waals surface area (Å²) in [6, 6.07) is 12.6. The third kappa shape index (κ3) is 4.98. The first-order valence-electron chi connectivity index (χ1n) is 12.4. The van der Waals surface area contributed by atoms with Crippen molar-refractivity contribution in [2.24, 2.45) is 4.99 Å². The van der Waals surface area contributed by atoms with Crippen molar-refractivity contribution in [2.45, 2.75) is 33.8 Å². The van der Waals surface area contributed by atoms with Crippen LogP contribution in [0.4, 0.5) is 0 Å². The highest BCUT2D eigenvalue weighted by Gasteiger charge is 2.23. The fraction of sp³-hybridized carbons (Fsp3) is 0.393. The van der Waals surface area contributed by atoms with Gasteiger partial charge in [0, 0.05) is 61.0 Å². The molecule has 5 rings (SSSR count). The zero-order valence-electron chi connectivity index (χ0n) is 21.3. The Morgan fingerprint density at radius 2 is 1.83 bits per heavy atom. The van der Waals surface area contributed by atoms with E-state index in [1.54, 1.807) is 7.11 Å². The number of methoxy groups -OCH3 is 1. The first-order valence-corrected chi connectivity index (χ1v) is 12.4. The molecule has 4 heterocycles. The number of nitrogens with one attached hydrogen (secondary N) is 2. The van der Waals surface area contributed by atoms with Crippen LogP contribution in [-0.4, -0.2) is 65.9 Å². The number of para-hydroxylation sites is 1. The van der Waals surface area contributed by atoms with Crippen molar-refractivity contribution in [1.29, 1.82) is 0 Å². The van der Waals surface area contributed by atoms with Crippen LogP contribution in [-0.2, 0) is 4.84 Å². The van der Waals surface area contributed by atoms with Crippen molar-refractivity contribution < 1.29 is 9.57 Å². The largest absolute Gasteiger partial charge is 0.494 e. The van der Waals surface area contributed by atoms with Gasteiger partial charge in [0.05, 0.1) is 35.0 Å². The van der Waals surface area contributed by atoms with Crippen LogP contribution in [0.15, 0.2) is 41.4 Å². The third-order valence-corrected chi connectivity index (χ3v) is 6.58. The van der Waals surface area contributed by atoms with Gasteiger partial charge in [0.1, 0.15) is 5.75 Å². The molecule has 0 spiro atoms. The number of aryl methyl sites for hydroxylation is 2. The Hall–Kier alpha value is -3.13. The molecule has 1 saturated heterocycles. The summed E-state index contributed by atoms with van der Waals surface area (Å²) in [7, 11) is 1.71. The second kappa shape index (κ2) is 9.85. The number of hydrogen-bond donors (Lipinski definition) is 2. The van der Waals surface area contributed by atoms with E-state index in [2.05, 4.69) is 90.1 Å². The fourth-order valence-electron chi connectivity index (χ4n) is 4.94. The summed E-state index contributed by atoms with van der Waals surface area (Å²) < 4.78 is 5.74. The van der Waals surface area contributed by atoms with Crippen molar-refractivity contribution in [3.8, 4) is 5.75 Å². The Labute approximate surface area is 206 Å². The molecule has 7 heteroatoms. The van der Waals surface area contributed by atoms with E-state index in [0.29, 0.717) is 0 Å². The van der Waals surface area contributed by atoms with Crippen molar-refractivity contribution in [1.82, 2.24) is 19.9 Å². The number of ether oxygens (including phenoxy) is 1. The summed E-state index contributed by atoms with van der Waals surface area (Å²) in [6.45, 7) is 12.9. The summed E-state index contributed by atoms with van der Waals surface area (Å²) in [5.74, 6) is 0.809. The number of H-pyrrole nitrogens is 2. The van der Waals surface area contributed by atoms with Crippen LogP contribution in [0, 0.1) is 13.8 Å². The Balaban J connectivity index is 1.53. The second-order valence-electron chi connectivity index (χ2n) is 9.67. The van der Waals surface area contributed by atoms with Crippen LogP contribution in [0.5, 0.6) is 5.75 Å². The zero-order valence-corrected chi connectivity index (χ0v) is 21.3. The molecule has 35 heavy (non-hydrogen) atoms. The van der Waals surface area contributed by atoms with Gasteiger partial charge in [0.15, 0.2) is 0 Å². The number of fused-ring (bicyclic) bond motifs is 1. The van der Waals surface area contributed by atoms with E-state index in [1.807, 2.05) is 0 Å². The Morgan fingerprint density at radius 3 is 2.51 bits per heavy atom. The lowest BCUT2D eigenvalue weighted by Gasteiger charge is -2.35. The van der Waals surface area contributed by atoms with Gasteiger partial charge in [-0.25, -0.2) is 4.99 Å². The standard InChI is InChI=1S/C28H35N5O2/c1-18(2)35-33-12-10-32(11-13-33)17-22-21-8-6-7-9-23(21)31-28(22)26-16-27(34-5)25(30-26)15-24-19(3)14-20(4)29-24/h6-9,14-16,18,29-30H,10-13,17H2,1-5H3/b25-15-,28-26-. The van der Waals surface area contributed by atoms with E-state index in [9.17, 15) is 0 Å². The van der Waals surface area contributed by atoms with Gasteiger partial charge in [-0.05, 0) is 51.5 Å². The summed E-state index contributed by atoms with van der Waals surface area (Å²) in [4.78, 5) is 20.5. The highest BCUT2D eigenvalue weighted by molar-refractivity contribution is 5.89. The van der Waals surface area contributed by atoms with E-state index in [4.69, 9.17) is 14.6 Å². The molecule has 0 radical (unpaired) electrons. The number of piperazine rings is 1. The molecule has 2 aliphatic heterocycles. The van der Waals surface area contributed by atoms with Gasteiger partial charge < -0.3 is 14.7 Å². The maximum absolute atomic E-state index is 5.89. The minimum atomic E-state index is 0.212. The van der Waals surface area contributed by atoms with Crippen LogP contribution < -0.4 is 26.0 Å². The molecule has 184 valence electrons. The molecule has 0 amide bonds. The Kier molecular flexibility index (Phi) is 6.65. The number of nitrogens with zero attached hydrogens (tertiary/aromatic N) is 3. The molecule has 1 fully saturated rings. The number of benzene rings is 1. The molecule has 2 aliphatic rings. The van der Waals surface area contributed by atoms with Gasteiger partial charge in [0.2, 0.25) is 0 Å². The van der Waals surface area contributed by atoms with Crippen molar-refractivity contribution in [2.75, 3.05) is 39.8 Å². The first kappa shape index (κ1) is 23.6. The second-order valence-corrected chi connectivity index (χ2v) is 9.67. The highest BCUT2D eigenvalue weighted by Crippen LogP contribution is 2.18. The molecule has 7 nitrogen and oxygen atoms in total. The number of aromatic amines is 2. The fourth-order valence-corrected chi connectivity index (χ4v) is 4.94. The van der Waals surface area contributed by atoms with Crippen molar-refractivity contribution in [3.63, 3.8) is 0 Å². The lowest BCUT2D eigenvalue weighted by atomic mass is 10.1. The lowest BCUT2D eigenvalue weighted by Crippen LogP contribution is -2.47. The molecule has 0 unspecified atom stereocenters. The number of hydrogen-bond acceptors (Lipinski definition) is 5. The van der Waals surface area contributed by atoms with Gasteiger partial charge in [-0.1, -0.05) is 18.2 Å². The summed E-state index contributed by atoms with van der Waals surface area (Å²) >= 11 is 0. The molecule has 2 aromatic heterocycles. The van der Waals surface area contributed by atoms with Gasteiger partial charge in [0.25, 0.3) is 0 Å². The zero-order chi connectivity index (χ0) is 24.5. The Bertz CT molecular complexity index is 1460. The Morgan fingerprint density at radius 1 is 1.06 bits per heavy atom. The molecular weight excluding hydrogens is 438 g/mol. The minimum Gasteiger partial charge on any atom is -0.494 e. The molecule has 0 aliphatic carbocycles. The van der Waals surface area contributed by atoms with Crippen LogP contribution in [0.25, 0.3) is 17.3 Å². The number of aromatic nitrogens is 2. The number of rotatable bonds is 6. The SMILES string of the molecule is COc1c/c(=C2/N=c3ccccc3=C2CN2CCN(OC(C)C)CC2)[nH]/c1=C\c1[nH]c(C)cc1C. The molecule has 1 aromatic carbocycles. The monoisotopic (exact) mass is 473 g/mol. The predicted octanol–water partition coefficient (Wildman–Crippen LogP) is 1.35.